The number of rotatable bonds is 4. The molecule has 0 aliphatic carbocycles. The summed E-state index contributed by atoms with van der Waals surface area (Å²) in [6.45, 7) is 2.84. The number of likely N-dealkylation sites (tertiary alicyclic amines) is 1. The number of thioether (sulfide) groups is 2. The number of carbonyl (C=O) groups is 1. The van der Waals surface area contributed by atoms with Crippen molar-refractivity contribution in [3.63, 3.8) is 0 Å². The molecule has 1 amide bonds. The van der Waals surface area contributed by atoms with Crippen molar-refractivity contribution in [2.75, 3.05) is 38.2 Å². The molecule has 1 aromatic carbocycles. The first-order chi connectivity index (χ1) is 11.3. The van der Waals surface area contributed by atoms with Crippen LogP contribution in [0, 0.1) is 5.92 Å². The zero-order valence-electron chi connectivity index (χ0n) is 13.8. The zero-order valence-corrected chi connectivity index (χ0v) is 15.4. The van der Waals surface area contributed by atoms with Crippen molar-refractivity contribution < 1.29 is 4.79 Å². The first kappa shape index (κ1) is 17.2. The average molecular weight is 351 g/mol. The standard InChI is InChI=1S/C18H26N2OS2/c1-19-13-14-7-9-20(10-8-14)17(21)15-3-5-16(6-4-15)18-22-11-2-12-23-18/h3-6,14,18-19H,2,7-13H2,1H3. The Morgan fingerprint density at radius 1 is 1.17 bits per heavy atom. The SMILES string of the molecule is CNCC1CCN(C(=O)c2ccc(C3SCCCS3)cc2)CC1. The van der Waals surface area contributed by atoms with Gasteiger partial charge in [-0.15, -0.1) is 23.5 Å². The van der Waals surface area contributed by atoms with Crippen LogP contribution in [-0.4, -0.2) is 49.0 Å². The molecule has 0 unspecified atom stereocenters. The fraction of sp³-hybridized carbons (Fsp3) is 0.611. The summed E-state index contributed by atoms with van der Waals surface area (Å²) in [5.41, 5.74) is 2.19. The largest absolute Gasteiger partial charge is 0.339 e. The summed E-state index contributed by atoms with van der Waals surface area (Å²) in [5.74, 6) is 3.41. The predicted molar refractivity (Wildman–Crippen MR) is 101 cm³/mol. The molecule has 126 valence electrons. The lowest BCUT2D eigenvalue weighted by Gasteiger charge is -2.32. The number of hydrogen-bond donors (Lipinski definition) is 1. The van der Waals surface area contributed by atoms with E-state index in [9.17, 15) is 4.79 Å². The summed E-state index contributed by atoms with van der Waals surface area (Å²) >= 11 is 4.05. The maximum absolute atomic E-state index is 12.7. The summed E-state index contributed by atoms with van der Waals surface area (Å²) in [4.78, 5) is 14.7. The van der Waals surface area contributed by atoms with Crippen LogP contribution in [-0.2, 0) is 0 Å². The lowest BCUT2D eigenvalue weighted by molar-refractivity contribution is 0.0691. The van der Waals surface area contributed by atoms with Gasteiger partial charge in [0.15, 0.2) is 0 Å². The summed E-state index contributed by atoms with van der Waals surface area (Å²) in [6.07, 6.45) is 3.53. The molecule has 2 aliphatic rings. The molecule has 1 aromatic rings. The van der Waals surface area contributed by atoms with Crippen molar-refractivity contribution in [3.05, 3.63) is 35.4 Å². The highest BCUT2D eigenvalue weighted by atomic mass is 32.2. The van der Waals surface area contributed by atoms with Crippen molar-refractivity contribution >= 4 is 29.4 Å². The number of piperidine rings is 1. The van der Waals surface area contributed by atoms with Crippen LogP contribution in [0.2, 0.25) is 0 Å². The zero-order chi connectivity index (χ0) is 16.1. The first-order valence-electron chi connectivity index (χ1n) is 8.55. The van der Waals surface area contributed by atoms with Crippen molar-refractivity contribution in [1.29, 1.82) is 0 Å². The number of benzene rings is 1. The number of amides is 1. The topological polar surface area (TPSA) is 32.3 Å². The van der Waals surface area contributed by atoms with Gasteiger partial charge in [0.05, 0.1) is 4.58 Å². The van der Waals surface area contributed by atoms with E-state index in [-0.39, 0.29) is 5.91 Å². The van der Waals surface area contributed by atoms with Gasteiger partial charge >= 0.3 is 0 Å². The maximum atomic E-state index is 12.7. The van der Waals surface area contributed by atoms with Gasteiger partial charge in [-0.05, 0) is 68.0 Å². The number of nitrogens with zero attached hydrogens (tertiary/aromatic N) is 1. The Kier molecular flexibility index (Phi) is 6.31. The first-order valence-corrected chi connectivity index (χ1v) is 10.6. The van der Waals surface area contributed by atoms with Crippen LogP contribution >= 0.6 is 23.5 Å². The third-order valence-corrected chi connectivity index (χ3v) is 7.67. The minimum absolute atomic E-state index is 0.198. The van der Waals surface area contributed by atoms with E-state index in [1.165, 1.54) is 23.5 Å². The molecular weight excluding hydrogens is 324 g/mol. The predicted octanol–water partition coefficient (Wildman–Crippen LogP) is 3.63. The highest BCUT2D eigenvalue weighted by molar-refractivity contribution is 8.16. The van der Waals surface area contributed by atoms with Crippen molar-refractivity contribution in [2.24, 2.45) is 5.92 Å². The molecule has 0 spiro atoms. The van der Waals surface area contributed by atoms with Crippen LogP contribution in [0.25, 0.3) is 0 Å². The van der Waals surface area contributed by atoms with E-state index in [4.69, 9.17) is 0 Å². The van der Waals surface area contributed by atoms with Crippen molar-refractivity contribution in [3.8, 4) is 0 Å². The molecule has 0 radical (unpaired) electrons. The molecule has 2 saturated heterocycles. The van der Waals surface area contributed by atoms with Crippen molar-refractivity contribution in [1.82, 2.24) is 10.2 Å². The molecule has 1 N–H and O–H groups in total. The second kappa shape index (κ2) is 8.45. The molecular formula is C18H26N2OS2. The Morgan fingerprint density at radius 2 is 1.83 bits per heavy atom. The molecule has 0 saturated carbocycles. The molecule has 23 heavy (non-hydrogen) atoms. The lowest BCUT2D eigenvalue weighted by atomic mass is 9.96. The molecule has 2 heterocycles. The average Bonchev–Trinajstić information content (AvgIpc) is 2.63. The Morgan fingerprint density at radius 3 is 2.43 bits per heavy atom. The molecule has 0 bridgehead atoms. The second-order valence-corrected chi connectivity index (χ2v) is 9.07. The van der Waals surface area contributed by atoms with Gasteiger partial charge < -0.3 is 10.2 Å². The molecule has 3 nitrogen and oxygen atoms in total. The highest BCUT2D eigenvalue weighted by Crippen LogP contribution is 2.43. The van der Waals surface area contributed by atoms with Gasteiger partial charge in [-0.25, -0.2) is 0 Å². The van der Waals surface area contributed by atoms with Gasteiger partial charge in [0.1, 0.15) is 0 Å². The van der Waals surface area contributed by atoms with E-state index in [0.717, 1.165) is 38.0 Å². The van der Waals surface area contributed by atoms with E-state index < -0.39 is 0 Å². The quantitative estimate of drug-likeness (QED) is 0.899. The van der Waals surface area contributed by atoms with Gasteiger partial charge in [-0.2, -0.15) is 0 Å². The van der Waals surface area contributed by atoms with E-state index in [1.54, 1.807) is 0 Å². The third kappa shape index (κ3) is 4.46. The van der Waals surface area contributed by atoms with Crippen LogP contribution < -0.4 is 5.32 Å². The van der Waals surface area contributed by atoms with Gasteiger partial charge in [-0.1, -0.05) is 12.1 Å². The van der Waals surface area contributed by atoms with Gasteiger partial charge in [0.2, 0.25) is 0 Å². The molecule has 5 heteroatoms. The highest BCUT2D eigenvalue weighted by Gasteiger charge is 2.23. The van der Waals surface area contributed by atoms with E-state index in [0.29, 0.717) is 10.5 Å². The van der Waals surface area contributed by atoms with Gasteiger partial charge in [0.25, 0.3) is 5.91 Å². The second-order valence-electron chi connectivity index (χ2n) is 6.34. The molecule has 2 aliphatic heterocycles. The number of nitrogens with one attached hydrogen (secondary N) is 1. The minimum atomic E-state index is 0.198. The smallest absolute Gasteiger partial charge is 0.253 e. The molecule has 3 rings (SSSR count). The molecule has 0 atom stereocenters. The fourth-order valence-corrected chi connectivity index (χ4v) is 6.17. The maximum Gasteiger partial charge on any atom is 0.253 e. The number of hydrogen-bond acceptors (Lipinski definition) is 4. The van der Waals surface area contributed by atoms with E-state index >= 15 is 0 Å². The Bertz CT molecular complexity index is 506. The van der Waals surface area contributed by atoms with Crippen LogP contribution in [0.5, 0.6) is 0 Å². The summed E-state index contributed by atoms with van der Waals surface area (Å²) in [6, 6.07) is 8.34. The summed E-state index contributed by atoms with van der Waals surface area (Å²) in [7, 11) is 2.00. The Labute approximate surface area is 148 Å². The van der Waals surface area contributed by atoms with Crippen LogP contribution in [0.3, 0.4) is 0 Å². The van der Waals surface area contributed by atoms with Gasteiger partial charge in [-0.3, -0.25) is 4.79 Å². The fourth-order valence-electron chi connectivity index (χ4n) is 3.27. The van der Waals surface area contributed by atoms with E-state index in [1.807, 2.05) is 47.6 Å². The van der Waals surface area contributed by atoms with Crippen LogP contribution in [0.1, 0.15) is 39.8 Å². The number of carbonyl (C=O) groups excluding carboxylic acids is 1. The Balaban J connectivity index is 1.57. The normalized spacial score (nSPS) is 20.7. The van der Waals surface area contributed by atoms with Crippen molar-refractivity contribution in [2.45, 2.75) is 23.8 Å². The monoisotopic (exact) mass is 350 g/mol. The third-order valence-electron chi connectivity index (χ3n) is 4.65. The lowest BCUT2D eigenvalue weighted by Crippen LogP contribution is -2.40. The van der Waals surface area contributed by atoms with Gasteiger partial charge in [0, 0.05) is 18.7 Å². The van der Waals surface area contributed by atoms with Crippen LogP contribution in [0.4, 0.5) is 0 Å². The van der Waals surface area contributed by atoms with E-state index in [2.05, 4.69) is 17.4 Å². The van der Waals surface area contributed by atoms with Crippen LogP contribution in [0.15, 0.2) is 24.3 Å². The Hall–Kier alpha value is -0.650. The molecule has 0 aromatic heterocycles. The minimum Gasteiger partial charge on any atom is -0.339 e. The molecule has 2 fully saturated rings. The summed E-state index contributed by atoms with van der Waals surface area (Å²) in [5, 5.41) is 3.24. The summed E-state index contributed by atoms with van der Waals surface area (Å²) < 4.78 is 0.546.